The highest BCUT2D eigenvalue weighted by atomic mass is 16.5. The Morgan fingerprint density at radius 3 is 2.55 bits per heavy atom. The van der Waals surface area contributed by atoms with Crippen molar-refractivity contribution in [3.8, 4) is 5.75 Å². The summed E-state index contributed by atoms with van der Waals surface area (Å²) in [5.74, 6) is 0.0124. The van der Waals surface area contributed by atoms with E-state index in [1.54, 1.807) is 31.4 Å². The van der Waals surface area contributed by atoms with Gasteiger partial charge in [-0.3, -0.25) is 19.3 Å². The van der Waals surface area contributed by atoms with Crippen molar-refractivity contribution in [3.63, 3.8) is 0 Å². The van der Waals surface area contributed by atoms with Crippen LogP contribution < -0.4 is 15.0 Å². The van der Waals surface area contributed by atoms with Gasteiger partial charge < -0.3 is 15.0 Å². The van der Waals surface area contributed by atoms with Crippen molar-refractivity contribution in [3.05, 3.63) is 59.7 Å². The maximum atomic E-state index is 13.4. The molecule has 2 aromatic carbocycles. The van der Waals surface area contributed by atoms with Gasteiger partial charge in [-0.15, -0.1) is 0 Å². The van der Waals surface area contributed by atoms with Gasteiger partial charge in [0.1, 0.15) is 5.75 Å². The van der Waals surface area contributed by atoms with Crippen molar-refractivity contribution in [2.75, 3.05) is 18.6 Å². The number of methoxy groups -OCH3 is 1. The van der Waals surface area contributed by atoms with Crippen LogP contribution in [0.2, 0.25) is 0 Å². The Hall–Kier alpha value is -3.35. The summed E-state index contributed by atoms with van der Waals surface area (Å²) in [5.41, 5.74) is 0.522. The Balaban J connectivity index is 1.68. The van der Waals surface area contributed by atoms with Crippen LogP contribution in [0.1, 0.15) is 35.7 Å². The molecule has 1 fully saturated rings. The Morgan fingerprint density at radius 2 is 1.86 bits per heavy atom. The first kappa shape index (κ1) is 19.0. The lowest BCUT2D eigenvalue weighted by molar-refractivity contribution is -0.133. The maximum Gasteiger partial charge on any atom is 0.267 e. The molecule has 1 saturated heterocycles. The first-order chi connectivity index (χ1) is 14.0. The predicted octanol–water partition coefficient (Wildman–Crippen LogP) is 2.31. The van der Waals surface area contributed by atoms with Gasteiger partial charge in [0, 0.05) is 25.9 Å². The fourth-order valence-electron chi connectivity index (χ4n) is 4.27. The van der Waals surface area contributed by atoms with Crippen molar-refractivity contribution in [2.24, 2.45) is 0 Å². The number of hydrogen-bond donors (Lipinski definition) is 1. The van der Waals surface area contributed by atoms with Gasteiger partial charge in [-0.05, 0) is 36.8 Å². The minimum absolute atomic E-state index is 0.150. The molecule has 29 heavy (non-hydrogen) atoms. The number of carbonyl (C=O) groups is 3. The number of likely N-dealkylation sites (N-methyl/N-ethyl adjacent to an activating group) is 1. The second-order valence-electron chi connectivity index (χ2n) is 7.14. The van der Waals surface area contributed by atoms with Crippen molar-refractivity contribution in [1.29, 1.82) is 0 Å². The van der Waals surface area contributed by atoms with E-state index in [4.69, 9.17) is 4.74 Å². The lowest BCUT2D eigenvalue weighted by Crippen LogP contribution is -2.70. The zero-order chi connectivity index (χ0) is 20.6. The largest absolute Gasteiger partial charge is 0.497 e. The minimum Gasteiger partial charge on any atom is -0.497 e. The summed E-state index contributed by atoms with van der Waals surface area (Å²) in [6, 6.07) is 14.4. The quantitative estimate of drug-likeness (QED) is 0.846. The number of anilines is 1. The molecule has 1 N–H and O–H groups in total. The molecular weight excluding hydrogens is 370 g/mol. The van der Waals surface area contributed by atoms with Gasteiger partial charge in [0.15, 0.2) is 0 Å². The number of benzene rings is 2. The number of fused-ring (bicyclic) bond motifs is 3. The first-order valence-corrected chi connectivity index (χ1v) is 9.68. The summed E-state index contributed by atoms with van der Waals surface area (Å²) in [7, 11) is 1.60. The number of carbonyl (C=O) groups excluding carboxylic acids is 3. The third-order valence-electron chi connectivity index (χ3n) is 5.67. The van der Waals surface area contributed by atoms with Gasteiger partial charge in [0.2, 0.25) is 11.6 Å². The molecule has 0 unspecified atom stereocenters. The van der Waals surface area contributed by atoms with Gasteiger partial charge in [-0.1, -0.05) is 24.3 Å². The SMILES string of the molecule is CCN1C(=O)c2ccccc2N2C(=O)CC[C@@]12C(=O)NCc1ccc(OC)cc1. The molecule has 7 nitrogen and oxygen atoms in total. The van der Waals surface area contributed by atoms with Crippen molar-refractivity contribution < 1.29 is 19.1 Å². The van der Waals surface area contributed by atoms with E-state index in [0.29, 0.717) is 24.3 Å². The maximum absolute atomic E-state index is 13.4. The molecule has 2 aliphatic heterocycles. The second kappa shape index (κ2) is 7.24. The summed E-state index contributed by atoms with van der Waals surface area (Å²) in [5, 5.41) is 2.94. The predicted molar refractivity (Wildman–Crippen MR) is 107 cm³/mol. The van der Waals surface area contributed by atoms with E-state index < -0.39 is 5.66 Å². The molecule has 0 radical (unpaired) electrons. The fourth-order valence-corrected chi connectivity index (χ4v) is 4.27. The molecule has 3 amide bonds. The Bertz CT molecular complexity index is 972. The molecule has 2 heterocycles. The van der Waals surface area contributed by atoms with Crippen LogP contribution in [0.5, 0.6) is 5.75 Å². The Kier molecular flexibility index (Phi) is 4.74. The van der Waals surface area contributed by atoms with Crippen LogP contribution in [-0.2, 0) is 16.1 Å². The normalized spacial score (nSPS) is 20.3. The van der Waals surface area contributed by atoms with Crippen LogP contribution in [0.15, 0.2) is 48.5 Å². The first-order valence-electron chi connectivity index (χ1n) is 9.68. The second-order valence-corrected chi connectivity index (χ2v) is 7.14. The molecule has 150 valence electrons. The van der Waals surface area contributed by atoms with Crippen LogP contribution in [0.4, 0.5) is 5.69 Å². The van der Waals surface area contributed by atoms with Crippen LogP contribution in [0, 0.1) is 0 Å². The van der Waals surface area contributed by atoms with Crippen molar-refractivity contribution in [1.82, 2.24) is 10.2 Å². The number of nitrogens with one attached hydrogen (secondary N) is 1. The van der Waals surface area contributed by atoms with Gasteiger partial charge in [-0.2, -0.15) is 0 Å². The standard InChI is InChI=1S/C22H23N3O4/c1-3-24-20(27)17-6-4-5-7-18(17)25-19(26)12-13-22(24,25)21(28)23-14-15-8-10-16(29-2)11-9-15/h4-11H,3,12-14H2,1-2H3,(H,23,28)/t22-/m1/s1. The zero-order valence-electron chi connectivity index (χ0n) is 16.5. The molecule has 0 saturated carbocycles. The third kappa shape index (κ3) is 2.85. The van der Waals surface area contributed by atoms with E-state index in [0.717, 1.165) is 11.3 Å². The average molecular weight is 393 g/mol. The lowest BCUT2D eigenvalue weighted by Gasteiger charge is -2.48. The topological polar surface area (TPSA) is 79.0 Å². The van der Waals surface area contributed by atoms with Crippen LogP contribution in [-0.4, -0.2) is 41.9 Å². The molecular formula is C22H23N3O4. The average Bonchev–Trinajstić information content (AvgIpc) is 3.11. The van der Waals surface area contributed by atoms with Crippen molar-refractivity contribution in [2.45, 2.75) is 32.0 Å². The van der Waals surface area contributed by atoms with Crippen LogP contribution in [0.3, 0.4) is 0 Å². The molecule has 0 aromatic heterocycles. The van der Waals surface area contributed by atoms with Gasteiger partial charge >= 0.3 is 0 Å². The number of hydrogen-bond acceptors (Lipinski definition) is 4. The van der Waals surface area contributed by atoms with Gasteiger partial charge in [-0.25, -0.2) is 0 Å². The highest BCUT2D eigenvalue weighted by Gasteiger charge is 2.60. The Labute approximate surface area is 169 Å². The molecule has 0 aliphatic carbocycles. The van der Waals surface area contributed by atoms with E-state index in [9.17, 15) is 14.4 Å². The van der Waals surface area contributed by atoms with Crippen LogP contribution >= 0.6 is 0 Å². The minimum atomic E-state index is -1.33. The molecule has 0 bridgehead atoms. The van der Waals surface area contributed by atoms with E-state index in [1.165, 1.54) is 9.80 Å². The van der Waals surface area contributed by atoms with E-state index in [1.807, 2.05) is 31.2 Å². The number of para-hydroxylation sites is 1. The molecule has 2 aliphatic rings. The Morgan fingerprint density at radius 1 is 1.14 bits per heavy atom. The summed E-state index contributed by atoms with van der Waals surface area (Å²) in [4.78, 5) is 42.4. The smallest absolute Gasteiger partial charge is 0.267 e. The van der Waals surface area contributed by atoms with Crippen LogP contribution in [0.25, 0.3) is 0 Å². The van der Waals surface area contributed by atoms with Gasteiger partial charge in [0.25, 0.3) is 11.8 Å². The summed E-state index contributed by atoms with van der Waals surface area (Å²) in [6.07, 6.45) is 0.488. The van der Waals surface area contributed by atoms with E-state index >= 15 is 0 Å². The summed E-state index contributed by atoms with van der Waals surface area (Å²) < 4.78 is 5.16. The molecule has 4 rings (SSSR count). The number of amides is 3. The number of nitrogens with zero attached hydrogens (tertiary/aromatic N) is 2. The number of ether oxygens (including phenoxy) is 1. The molecule has 2 aromatic rings. The summed E-state index contributed by atoms with van der Waals surface area (Å²) in [6.45, 7) is 2.44. The van der Waals surface area contributed by atoms with Gasteiger partial charge in [0.05, 0.1) is 18.4 Å². The third-order valence-corrected chi connectivity index (χ3v) is 5.67. The van der Waals surface area contributed by atoms with Crippen molar-refractivity contribution >= 4 is 23.4 Å². The van der Waals surface area contributed by atoms with E-state index in [2.05, 4.69) is 5.32 Å². The lowest BCUT2D eigenvalue weighted by atomic mass is 9.95. The number of rotatable bonds is 5. The molecule has 1 atom stereocenters. The monoisotopic (exact) mass is 393 g/mol. The molecule has 7 heteroatoms. The zero-order valence-corrected chi connectivity index (χ0v) is 16.5. The van der Waals surface area contributed by atoms with E-state index in [-0.39, 0.29) is 30.6 Å². The fraction of sp³-hybridized carbons (Fsp3) is 0.318. The highest BCUT2D eigenvalue weighted by molar-refractivity contribution is 6.16. The molecule has 0 spiro atoms. The summed E-state index contributed by atoms with van der Waals surface area (Å²) >= 11 is 0. The highest BCUT2D eigenvalue weighted by Crippen LogP contribution is 2.44.